The van der Waals surface area contributed by atoms with Gasteiger partial charge in [-0.1, -0.05) is 12.1 Å². The summed E-state index contributed by atoms with van der Waals surface area (Å²) in [5, 5.41) is 17.3. The van der Waals surface area contributed by atoms with Gasteiger partial charge in [0, 0.05) is 19.6 Å². The maximum Gasteiger partial charge on any atom is 0.407 e. The number of para-hydroxylation sites is 1. The van der Waals surface area contributed by atoms with Gasteiger partial charge in [-0.25, -0.2) is 4.79 Å². The van der Waals surface area contributed by atoms with Crippen LogP contribution in [0.25, 0.3) is 5.69 Å². The van der Waals surface area contributed by atoms with E-state index in [0.717, 1.165) is 0 Å². The Balaban J connectivity index is 1.87. The van der Waals surface area contributed by atoms with Crippen molar-refractivity contribution in [1.82, 2.24) is 24.8 Å². The van der Waals surface area contributed by atoms with Crippen LogP contribution in [0.4, 0.5) is 4.79 Å². The average molecular weight is 329 g/mol. The maximum atomic E-state index is 13.0. The summed E-state index contributed by atoms with van der Waals surface area (Å²) in [5.74, 6) is -0.142. The highest BCUT2D eigenvalue weighted by molar-refractivity contribution is 5.98. The van der Waals surface area contributed by atoms with Crippen LogP contribution in [-0.2, 0) is 0 Å². The summed E-state index contributed by atoms with van der Waals surface area (Å²) in [6, 6.07) is 6.90. The second-order valence-electron chi connectivity index (χ2n) is 5.93. The SMILES string of the molecule is C[C@@H]1C[C@@H](N(C)C(=O)O)CN1C(=O)c1ccccc1-n1nccn1. The van der Waals surface area contributed by atoms with E-state index in [1.54, 1.807) is 35.5 Å². The van der Waals surface area contributed by atoms with Gasteiger partial charge in [-0.15, -0.1) is 0 Å². The molecule has 2 amide bonds. The van der Waals surface area contributed by atoms with Crippen LogP contribution in [0.3, 0.4) is 0 Å². The van der Waals surface area contributed by atoms with E-state index in [1.807, 2.05) is 13.0 Å². The summed E-state index contributed by atoms with van der Waals surface area (Å²) in [7, 11) is 1.54. The molecule has 2 heterocycles. The van der Waals surface area contributed by atoms with E-state index in [1.165, 1.54) is 16.7 Å². The number of hydrogen-bond acceptors (Lipinski definition) is 4. The highest BCUT2D eigenvalue weighted by Gasteiger charge is 2.37. The van der Waals surface area contributed by atoms with Crippen molar-refractivity contribution in [3.8, 4) is 5.69 Å². The molecule has 1 aromatic carbocycles. The van der Waals surface area contributed by atoms with Crippen molar-refractivity contribution in [1.29, 1.82) is 0 Å². The van der Waals surface area contributed by atoms with E-state index < -0.39 is 6.09 Å². The molecule has 1 saturated heterocycles. The third-order valence-electron chi connectivity index (χ3n) is 4.43. The van der Waals surface area contributed by atoms with Gasteiger partial charge in [-0.05, 0) is 25.5 Å². The Morgan fingerprint density at radius 3 is 2.58 bits per heavy atom. The molecule has 2 aromatic rings. The summed E-state index contributed by atoms with van der Waals surface area (Å²) >= 11 is 0. The Morgan fingerprint density at radius 1 is 1.25 bits per heavy atom. The van der Waals surface area contributed by atoms with E-state index in [9.17, 15) is 9.59 Å². The molecule has 0 radical (unpaired) electrons. The zero-order valence-corrected chi connectivity index (χ0v) is 13.5. The van der Waals surface area contributed by atoms with Gasteiger partial charge in [-0.2, -0.15) is 15.0 Å². The molecule has 3 rings (SSSR count). The minimum atomic E-state index is -0.984. The Kier molecular flexibility index (Phi) is 4.20. The molecule has 8 heteroatoms. The summed E-state index contributed by atoms with van der Waals surface area (Å²) in [4.78, 5) is 28.5. The smallest absolute Gasteiger partial charge is 0.407 e. The number of carbonyl (C=O) groups excluding carboxylic acids is 1. The largest absolute Gasteiger partial charge is 0.465 e. The molecule has 0 aliphatic carbocycles. The number of rotatable bonds is 3. The lowest BCUT2D eigenvalue weighted by atomic mass is 10.1. The number of aromatic nitrogens is 3. The van der Waals surface area contributed by atoms with Gasteiger partial charge in [0.1, 0.15) is 0 Å². The van der Waals surface area contributed by atoms with Gasteiger partial charge < -0.3 is 14.9 Å². The molecule has 1 aromatic heterocycles. The molecule has 2 atom stereocenters. The van der Waals surface area contributed by atoms with E-state index in [0.29, 0.717) is 24.2 Å². The molecule has 8 nitrogen and oxygen atoms in total. The molecule has 0 bridgehead atoms. The number of amides is 2. The zero-order valence-electron chi connectivity index (χ0n) is 13.5. The standard InChI is InChI=1S/C16H19N5O3/c1-11-9-12(19(2)16(23)24)10-20(11)15(22)13-5-3-4-6-14(13)21-17-7-8-18-21/h3-8,11-12H,9-10H2,1-2H3,(H,23,24)/t11-,12-/m1/s1. The molecular weight excluding hydrogens is 310 g/mol. The first-order chi connectivity index (χ1) is 11.5. The lowest BCUT2D eigenvalue weighted by Crippen LogP contribution is -2.40. The Bertz CT molecular complexity index is 746. The van der Waals surface area contributed by atoms with Crippen LogP contribution >= 0.6 is 0 Å². The fraction of sp³-hybridized carbons (Fsp3) is 0.375. The molecule has 0 saturated carbocycles. The van der Waals surface area contributed by atoms with E-state index in [-0.39, 0.29) is 18.0 Å². The van der Waals surface area contributed by atoms with Crippen molar-refractivity contribution in [2.75, 3.05) is 13.6 Å². The topological polar surface area (TPSA) is 91.6 Å². The fourth-order valence-electron chi connectivity index (χ4n) is 3.05. The summed E-state index contributed by atoms with van der Waals surface area (Å²) in [6.45, 7) is 2.31. The molecule has 0 spiro atoms. The molecule has 1 fully saturated rings. The maximum absolute atomic E-state index is 13.0. The Hall–Kier alpha value is -2.90. The predicted molar refractivity (Wildman–Crippen MR) is 86.1 cm³/mol. The van der Waals surface area contributed by atoms with Gasteiger partial charge >= 0.3 is 6.09 Å². The molecule has 24 heavy (non-hydrogen) atoms. The van der Waals surface area contributed by atoms with E-state index in [2.05, 4.69) is 10.2 Å². The highest BCUT2D eigenvalue weighted by atomic mass is 16.4. The lowest BCUT2D eigenvalue weighted by molar-refractivity contribution is 0.0734. The first-order valence-electron chi connectivity index (χ1n) is 7.71. The molecule has 1 aliphatic heterocycles. The van der Waals surface area contributed by atoms with Gasteiger partial charge in [0.25, 0.3) is 5.91 Å². The summed E-state index contributed by atoms with van der Waals surface area (Å²) in [5.41, 5.74) is 1.11. The van der Waals surface area contributed by atoms with Gasteiger partial charge in [0.15, 0.2) is 0 Å². The molecule has 1 N–H and O–H groups in total. The third-order valence-corrected chi connectivity index (χ3v) is 4.43. The normalized spacial score (nSPS) is 20.2. The summed E-state index contributed by atoms with van der Waals surface area (Å²) < 4.78 is 0. The number of nitrogens with zero attached hydrogens (tertiary/aromatic N) is 5. The number of benzene rings is 1. The number of likely N-dealkylation sites (tertiary alicyclic amines) is 1. The monoisotopic (exact) mass is 329 g/mol. The number of hydrogen-bond donors (Lipinski definition) is 1. The second kappa shape index (κ2) is 6.31. The summed E-state index contributed by atoms with van der Waals surface area (Å²) in [6.07, 6.45) is 2.74. The van der Waals surface area contributed by atoms with Crippen molar-refractivity contribution in [3.05, 3.63) is 42.2 Å². The van der Waals surface area contributed by atoms with Crippen molar-refractivity contribution < 1.29 is 14.7 Å². The first kappa shape index (κ1) is 16.0. The fourth-order valence-corrected chi connectivity index (χ4v) is 3.05. The van der Waals surface area contributed by atoms with Crippen LogP contribution in [0.2, 0.25) is 0 Å². The Morgan fingerprint density at radius 2 is 1.92 bits per heavy atom. The minimum absolute atomic E-state index is 0.0389. The van der Waals surface area contributed by atoms with Crippen LogP contribution in [0.5, 0.6) is 0 Å². The van der Waals surface area contributed by atoms with Crippen LogP contribution < -0.4 is 0 Å². The van der Waals surface area contributed by atoms with Gasteiger partial charge in [0.05, 0.1) is 29.7 Å². The van der Waals surface area contributed by atoms with Crippen LogP contribution in [0.1, 0.15) is 23.7 Å². The first-order valence-corrected chi connectivity index (χ1v) is 7.71. The van der Waals surface area contributed by atoms with Crippen molar-refractivity contribution >= 4 is 12.0 Å². The number of carboxylic acid groups (broad SMARTS) is 1. The van der Waals surface area contributed by atoms with Crippen LogP contribution in [0.15, 0.2) is 36.7 Å². The molecular formula is C16H19N5O3. The average Bonchev–Trinajstić information content (AvgIpc) is 3.23. The minimum Gasteiger partial charge on any atom is -0.465 e. The van der Waals surface area contributed by atoms with E-state index in [4.69, 9.17) is 5.11 Å². The van der Waals surface area contributed by atoms with Crippen LogP contribution in [0, 0.1) is 0 Å². The van der Waals surface area contributed by atoms with Gasteiger partial charge in [-0.3, -0.25) is 4.79 Å². The second-order valence-corrected chi connectivity index (χ2v) is 5.93. The zero-order chi connectivity index (χ0) is 17.3. The quantitative estimate of drug-likeness (QED) is 0.921. The highest BCUT2D eigenvalue weighted by Crippen LogP contribution is 2.25. The lowest BCUT2D eigenvalue weighted by Gasteiger charge is -2.23. The van der Waals surface area contributed by atoms with Crippen LogP contribution in [-0.4, -0.2) is 67.6 Å². The van der Waals surface area contributed by atoms with Crippen molar-refractivity contribution in [2.24, 2.45) is 0 Å². The Labute approximate surface area is 139 Å². The van der Waals surface area contributed by atoms with E-state index >= 15 is 0 Å². The number of likely N-dealkylation sites (N-methyl/N-ethyl adjacent to an activating group) is 1. The molecule has 0 unspecified atom stereocenters. The van der Waals surface area contributed by atoms with Crippen molar-refractivity contribution in [3.63, 3.8) is 0 Å². The predicted octanol–water partition coefficient (Wildman–Crippen LogP) is 1.48. The van der Waals surface area contributed by atoms with Crippen molar-refractivity contribution in [2.45, 2.75) is 25.4 Å². The molecule has 1 aliphatic rings. The third kappa shape index (κ3) is 2.82. The molecule has 126 valence electrons. The number of carbonyl (C=O) groups is 2. The van der Waals surface area contributed by atoms with Gasteiger partial charge in [0.2, 0.25) is 0 Å².